The third-order valence-electron chi connectivity index (χ3n) is 3.22. The van der Waals surface area contributed by atoms with E-state index in [1.54, 1.807) is 6.20 Å². The van der Waals surface area contributed by atoms with Gasteiger partial charge in [0.15, 0.2) is 5.13 Å². The van der Waals surface area contributed by atoms with Crippen LogP contribution in [0, 0.1) is 18.6 Å². The normalized spacial score (nSPS) is 9.65. The van der Waals surface area contributed by atoms with Crippen molar-refractivity contribution in [3.05, 3.63) is 71.4 Å². The van der Waals surface area contributed by atoms with Gasteiger partial charge < -0.3 is 0 Å². The molecule has 0 radical (unpaired) electrons. The molecule has 0 aliphatic heterocycles. The molecule has 1 N–H and O–H groups in total. The molecule has 0 aliphatic carbocycles. The molecular formula is C18H12F2N2O3S. The number of aromatic nitrogens is 1. The fourth-order valence-corrected chi connectivity index (χ4v) is 2.95. The van der Waals surface area contributed by atoms with Gasteiger partial charge in [-0.05, 0) is 24.6 Å². The molecule has 132 valence electrons. The lowest BCUT2D eigenvalue weighted by Crippen LogP contribution is -2.15. The standard InChI is InChI=1S/C17H12F2N2OS.CO2/c1-10-4-2-5-11(8-10)14-9-20-17(23-14)21-16(22)15-12(18)6-3-7-13(15)19;2-1-3/h2-9H,1H3,(H,20,21,22);. The van der Waals surface area contributed by atoms with Crippen molar-refractivity contribution in [2.24, 2.45) is 0 Å². The zero-order chi connectivity index (χ0) is 19.1. The highest BCUT2D eigenvalue weighted by Crippen LogP contribution is 2.29. The Morgan fingerprint density at radius 2 is 1.73 bits per heavy atom. The molecule has 1 amide bonds. The van der Waals surface area contributed by atoms with Crippen molar-refractivity contribution in [1.82, 2.24) is 4.98 Å². The summed E-state index contributed by atoms with van der Waals surface area (Å²) in [7, 11) is 0. The number of anilines is 1. The van der Waals surface area contributed by atoms with Crippen LogP contribution < -0.4 is 5.32 Å². The lowest BCUT2D eigenvalue weighted by molar-refractivity contribution is -0.191. The van der Waals surface area contributed by atoms with E-state index in [9.17, 15) is 13.6 Å². The fourth-order valence-electron chi connectivity index (χ4n) is 2.14. The number of hydrogen-bond donors (Lipinski definition) is 1. The largest absolute Gasteiger partial charge is 0.373 e. The number of hydrogen-bond acceptors (Lipinski definition) is 5. The van der Waals surface area contributed by atoms with Gasteiger partial charge in [0.2, 0.25) is 0 Å². The quantitative estimate of drug-likeness (QED) is 0.750. The lowest BCUT2D eigenvalue weighted by atomic mass is 10.1. The first kappa shape index (κ1) is 19.1. The van der Waals surface area contributed by atoms with E-state index in [2.05, 4.69) is 10.3 Å². The summed E-state index contributed by atoms with van der Waals surface area (Å²) in [6, 6.07) is 11.1. The van der Waals surface area contributed by atoms with Crippen LogP contribution in [-0.4, -0.2) is 17.0 Å². The monoisotopic (exact) mass is 374 g/mol. The van der Waals surface area contributed by atoms with Crippen LogP contribution >= 0.6 is 11.3 Å². The fraction of sp³-hybridized carbons (Fsp3) is 0.0556. The molecule has 8 heteroatoms. The third kappa shape index (κ3) is 4.66. The van der Waals surface area contributed by atoms with Gasteiger partial charge >= 0.3 is 6.15 Å². The van der Waals surface area contributed by atoms with Crippen molar-refractivity contribution in [1.29, 1.82) is 0 Å². The van der Waals surface area contributed by atoms with Gasteiger partial charge in [-0.1, -0.05) is 47.2 Å². The molecule has 0 aliphatic rings. The Morgan fingerprint density at radius 1 is 1.12 bits per heavy atom. The summed E-state index contributed by atoms with van der Waals surface area (Å²) < 4.78 is 27.2. The molecule has 0 atom stereocenters. The summed E-state index contributed by atoms with van der Waals surface area (Å²) in [5.74, 6) is -2.67. The number of carbonyl (C=O) groups excluding carboxylic acids is 3. The summed E-state index contributed by atoms with van der Waals surface area (Å²) >= 11 is 1.24. The van der Waals surface area contributed by atoms with E-state index in [4.69, 9.17) is 9.59 Å². The topological polar surface area (TPSA) is 76.1 Å². The van der Waals surface area contributed by atoms with Crippen LogP contribution in [0.4, 0.5) is 13.9 Å². The van der Waals surface area contributed by atoms with Crippen LogP contribution in [0.15, 0.2) is 48.7 Å². The Bertz CT molecular complexity index is 946. The van der Waals surface area contributed by atoms with E-state index < -0.39 is 23.1 Å². The summed E-state index contributed by atoms with van der Waals surface area (Å²) in [5.41, 5.74) is 1.47. The summed E-state index contributed by atoms with van der Waals surface area (Å²) in [6.07, 6.45) is 1.87. The van der Waals surface area contributed by atoms with Crippen LogP contribution in [-0.2, 0) is 9.59 Å². The van der Waals surface area contributed by atoms with Crippen LogP contribution in [0.25, 0.3) is 10.4 Å². The number of thiazole rings is 1. The lowest BCUT2D eigenvalue weighted by Gasteiger charge is -2.04. The maximum atomic E-state index is 13.6. The molecule has 3 rings (SSSR count). The van der Waals surface area contributed by atoms with Gasteiger partial charge in [0.05, 0.1) is 4.88 Å². The highest BCUT2D eigenvalue weighted by Gasteiger charge is 2.18. The maximum absolute atomic E-state index is 13.6. The number of rotatable bonds is 3. The van der Waals surface area contributed by atoms with Gasteiger partial charge in [-0.2, -0.15) is 9.59 Å². The minimum atomic E-state index is -0.905. The number of halogens is 2. The first-order valence-corrected chi connectivity index (χ1v) is 8.05. The molecule has 0 saturated carbocycles. The Labute approximate surface area is 151 Å². The van der Waals surface area contributed by atoms with Crippen molar-refractivity contribution in [3.63, 3.8) is 0 Å². The van der Waals surface area contributed by atoms with Gasteiger partial charge in [0.25, 0.3) is 5.91 Å². The number of amides is 1. The van der Waals surface area contributed by atoms with Gasteiger partial charge in [0.1, 0.15) is 17.2 Å². The Kier molecular flexibility index (Phi) is 6.43. The van der Waals surface area contributed by atoms with Crippen LogP contribution in [0.3, 0.4) is 0 Å². The second kappa shape index (κ2) is 8.75. The summed E-state index contributed by atoms with van der Waals surface area (Å²) in [5, 5.41) is 2.72. The summed E-state index contributed by atoms with van der Waals surface area (Å²) in [4.78, 5) is 33.2. The van der Waals surface area contributed by atoms with Crippen LogP contribution in [0.2, 0.25) is 0 Å². The van der Waals surface area contributed by atoms with E-state index in [0.29, 0.717) is 0 Å². The zero-order valence-electron chi connectivity index (χ0n) is 13.5. The molecule has 0 unspecified atom stereocenters. The summed E-state index contributed by atoms with van der Waals surface area (Å²) in [6.45, 7) is 1.98. The molecule has 1 aromatic heterocycles. The average Bonchev–Trinajstić information content (AvgIpc) is 3.04. The van der Waals surface area contributed by atoms with Gasteiger partial charge in [-0.3, -0.25) is 10.1 Å². The molecule has 2 aromatic carbocycles. The van der Waals surface area contributed by atoms with E-state index in [1.807, 2.05) is 31.2 Å². The van der Waals surface area contributed by atoms with E-state index in [-0.39, 0.29) is 11.3 Å². The van der Waals surface area contributed by atoms with Gasteiger partial charge in [-0.15, -0.1) is 0 Å². The van der Waals surface area contributed by atoms with Crippen LogP contribution in [0.1, 0.15) is 15.9 Å². The SMILES string of the molecule is Cc1cccc(-c2cnc(NC(=O)c3c(F)cccc3F)s2)c1.O=C=O. The number of carbonyl (C=O) groups is 1. The number of nitrogens with zero attached hydrogens (tertiary/aromatic N) is 1. The van der Waals surface area contributed by atoms with Gasteiger partial charge in [-0.25, -0.2) is 13.8 Å². The predicted octanol–water partition coefficient (Wildman–Crippen LogP) is 4.07. The predicted molar refractivity (Wildman–Crippen MR) is 91.6 cm³/mol. The molecule has 3 aromatic rings. The van der Waals surface area contributed by atoms with E-state index in [1.165, 1.54) is 17.4 Å². The molecule has 0 bridgehead atoms. The van der Waals surface area contributed by atoms with Crippen molar-refractivity contribution in [3.8, 4) is 10.4 Å². The van der Waals surface area contributed by atoms with Gasteiger partial charge in [0, 0.05) is 6.20 Å². The second-order valence-corrected chi connectivity index (χ2v) is 6.06. The van der Waals surface area contributed by atoms with Crippen molar-refractivity contribution in [2.75, 3.05) is 5.32 Å². The zero-order valence-corrected chi connectivity index (χ0v) is 14.3. The van der Waals surface area contributed by atoms with E-state index >= 15 is 0 Å². The molecular weight excluding hydrogens is 362 g/mol. The Hall–Kier alpha value is -3.22. The number of benzene rings is 2. The molecule has 5 nitrogen and oxygen atoms in total. The highest BCUT2D eigenvalue weighted by atomic mass is 32.1. The second-order valence-electron chi connectivity index (χ2n) is 5.03. The molecule has 26 heavy (non-hydrogen) atoms. The first-order valence-electron chi connectivity index (χ1n) is 7.23. The number of nitrogens with one attached hydrogen (secondary N) is 1. The number of aryl methyl sites for hydroxylation is 1. The Morgan fingerprint density at radius 3 is 2.35 bits per heavy atom. The first-order chi connectivity index (χ1) is 12.5. The maximum Gasteiger partial charge on any atom is 0.373 e. The minimum Gasteiger partial charge on any atom is -0.298 e. The minimum absolute atomic E-state index is 0.250. The average molecular weight is 374 g/mol. The molecule has 0 saturated heterocycles. The third-order valence-corrected chi connectivity index (χ3v) is 4.18. The van der Waals surface area contributed by atoms with Crippen molar-refractivity contribution < 1.29 is 23.2 Å². The molecule has 1 heterocycles. The Balaban J connectivity index is 0.000000758. The molecule has 0 fully saturated rings. The smallest absolute Gasteiger partial charge is 0.298 e. The van der Waals surface area contributed by atoms with Crippen molar-refractivity contribution >= 4 is 28.5 Å². The molecule has 0 spiro atoms. The van der Waals surface area contributed by atoms with E-state index in [0.717, 1.165) is 28.1 Å². The van der Waals surface area contributed by atoms with Crippen LogP contribution in [0.5, 0.6) is 0 Å². The van der Waals surface area contributed by atoms with Crippen molar-refractivity contribution in [2.45, 2.75) is 6.92 Å². The highest BCUT2D eigenvalue weighted by molar-refractivity contribution is 7.19.